The van der Waals surface area contributed by atoms with Crippen LogP contribution in [0.3, 0.4) is 0 Å². The Bertz CT molecular complexity index is 782. The molecule has 0 unspecified atom stereocenters. The van der Waals surface area contributed by atoms with Crippen molar-refractivity contribution in [2.75, 3.05) is 19.7 Å². The average molecular weight is 370 g/mol. The van der Waals surface area contributed by atoms with Crippen LogP contribution in [0, 0.1) is 5.82 Å². The standard InChI is InChI=1S/C21H23FN2O3/c1-2-27-19-9-5-15(6-10-19)20(25)23-18-11-13-24(14-12-18)21(26)16-3-7-17(22)8-4-16/h3-10,18H,2,11-14H2,1H3,(H,23,25). The molecule has 0 spiro atoms. The van der Waals surface area contributed by atoms with Gasteiger partial charge in [0.2, 0.25) is 0 Å². The monoisotopic (exact) mass is 370 g/mol. The minimum Gasteiger partial charge on any atom is -0.494 e. The van der Waals surface area contributed by atoms with Crippen molar-refractivity contribution in [1.82, 2.24) is 10.2 Å². The van der Waals surface area contributed by atoms with Gasteiger partial charge in [-0.1, -0.05) is 0 Å². The second-order valence-electron chi connectivity index (χ2n) is 6.50. The summed E-state index contributed by atoms with van der Waals surface area (Å²) in [6, 6.07) is 12.6. The third-order valence-corrected chi connectivity index (χ3v) is 4.64. The van der Waals surface area contributed by atoms with E-state index in [2.05, 4.69) is 5.32 Å². The van der Waals surface area contributed by atoms with Crippen LogP contribution in [0.1, 0.15) is 40.5 Å². The number of hydrogen-bond acceptors (Lipinski definition) is 3. The lowest BCUT2D eigenvalue weighted by molar-refractivity contribution is 0.0698. The van der Waals surface area contributed by atoms with Gasteiger partial charge in [-0.2, -0.15) is 0 Å². The Hall–Kier alpha value is -2.89. The van der Waals surface area contributed by atoms with Crippen molar-refractivity contribution in [2.24, 2.45) is 0 Å². The summed E-state index contributed by atoms with van der Waals surface area (Å²) in [6.07, 6.45) is 1.38. The fourth-order valence-corrected chi connectivity index (χ4v) is 3.14. The average Bonchev–Trinajstić information content (AvgIpc) is 2.69. The smallest absolute Gasteiger partial charge is 0.253 e. The first-order valence-corrected chi connectivity index (χ1v) is 9.15. The predicted molar refractivity (Wildman–Crippen MR) is 100 cm³/mol. The Morgan fingerprint density at radius 3 is 2.22 bits per heavy atom. The van der Waals surface area contributed by atoms with E-state index in [1.807, 2.05) is 6.92 Å². The maximum Gasteiger partial charge on any atom is 0.253 e. The van der Waals surface area contributed by atoms with Gasteiger partial charge in [0.25, 0.3) is 11.8 Å². The topological polar surface area (TPSA) is 58.6 Å². The molecule has 0 atom stereocenters. The summed E-state index contributed by atoms with van der Waals surface area (Å²) in [5.74, 6) is 0.150. The highest BCUT2D eigenvalue weighted by molar-refractivity contribution is 5.95. The Morgan fingerprint density at radius 1 is 1.04 bits per heavy atom. The molecule has 2 aromatic carbocycles. The van der Waals surface area contributed by atoms with Gasteiger partial charge in [0.15, 0.2) is 0 Å². The molecule has 0 radical (unpaired) electrons. The van der Waals surface area contributed by atoms with Gasteiger partial charge in [0.1, 0.15) is 11.6 Å². The molecular formula is C21H23FN2O3. The second-order valence-corrected chi connectivity index (χ2v) is 6.50. The van der Waals surface area contributed by atoms with Crippen LogP contribution in [0.4, 0.5) is 4.39 Å². The first kappa shape index (κ1) is 18.9. The third kappa shape index (κ3) is 4.84. The van der Waals surface area contributed by atoms with Crippen LogP contribution >= 0.6 is 0 Å². The van der Waals surface area contributed by atoms with Crippen molar-refractivity contribution in [2.45, 2.75) is 25.8 Å². The number of nitrogens with one attached hydrogen (secondary N) is 1. The first-order valence-electron chi connectivity index (χ1n) is 9.15. The van der Waals surface area contributed by atoms with Crippen molar-refractivity contribution in [1.29, 1.82) is 0 Å². The van der Waals surface area contributed by atoms with Crippen LogP contribution in [-0.4, -0.2) is 42.5 Å². The number of likely N-dealkylation sites (tertiary alicyclic amines) is 1. The Morgan fingerprint density at radius 2 is 1.63 bits per heavy atom. The van der Waals surface area contributed by atoms with Gasteiger partial charge in [-0.05, 0) is 68.3 Å². The molecule has 2 amide bonds. The van der Waals surface area contributed by atoms with Gasteiger partial charge in [-0.15, -0.1) is 0 Å². The predicted octanol–water partition coefficient (Wildman–Crippen LogP) is 3.26. The van der Waals surface area contributed by atoms with Crippen LogP contribution in [0.15, 0.2) is 48.5 Å². The molecule has 27 heavy (non-hydrogen) atoms. The van der Waals surface area contributed by atoms with Gasteiger partial charge < -0.3 is 15.0 Å². The number of amides is 2. The number of halogens is 1. The lowest BCUT2D eigenvalue weighted by Gasteiger charge is -2.32. The van der Waals surface area contributed by atoms with E-state index >= 15 is 0 Å². The van der Waals surface area contributed by atoms with Crippen LogP contribution in [0.2, 0.25) is 0 Å². The fraction of sp³-hybridized carbons (Fsp3) is 0.333. The lowest BCUT2D eigenvalue weighted by Crippen LogP contribution is -2.46. The van der Waals surface area contributed by atoms with Crippen molar-refractivity contribution in [3.05, 3.63) is 65.5 Å². The van der Waals surface area contributed by atoms with E-state index in [9.17, 15) is 14.0 Å². The highest BCUT2D eigenvalue weighted by Gasteiger charge is 2.24. The zero-order chi connectivity index (χ0) is 19.2. The number of ether oxygens (including phenoxy) is 1. The van der Waals surface area contributed by atoms with Crippen molar-refractivity contribution < 1.29 is 18.7 Å². The van der Waals surface area contributed by atoms with Gasteiger partial charge >= 0.3 is 0 Å². The van der Waals surface area contributed by atoms with Crippen molar-refractivity contribution in [3.63, 3.8) is 0 Å². The van der Waals surface area contributed by atoms with E-state index in [-0.39, 0.29) is 23.7 Å². The molecule has 6 heteroatoms. The molecule has 0 aliphatic carbocycles. The molecule has 1 saturated heterocycles. The molecule has 0 aromatic heterocycles. The first-order chi connectivity index (χ1) is 13.1. The molecule has 0 bridgehead atoms. The summed E-state index contributed by atoms with van der Waals surface area (Å²) in [5.41, 5.74) is 1.07. The molecule has 1 heterocycles. The van der Waals surface area contributed by atoms with Crippen LogP contribution in [0.25, 0.3) is 0 Å². The van der Waals surface area contributed by atoms with E-state index in [4.69, 9.17) is 4.74 Å². The second kappa shape index (κ2) is 8.66. The molecule has 1 N–H and O–H groups in total. The number of rotatable bonds is 5. The minimum absolute atomic E-state index is 0.0290. The van der Waals surface area contributed by atoms with E-state index in [1.165, 1.54) is 24.3 Å². The molecule has 5 nitrogen and oxygen atoms in total. The maximum atomic E-state index is 13.0. The molecule has 0 saturated carbocycles. The number of hydrogen-bond donors (Lipinski definition) is 1. The molecule has 1 fully saturated rings. The van der Waals surface area contributed by atoms with Crippen LogP contribution in [-0.2, 0) is 0 Å². The number of carbonyl (C=O) groups excluding carboxylic acids is 2. The van der Waals surface area contributed by atoms with Crippen LogP contribution < -0.4 is 10.1 Å². The zero-order valence-corrected chi connectivity index (χ0v) is 15.3. The molecule has 3 rings (SSSR count). The Balaban J connectivity index is 1.50. The summed E-state index contributed by atoms with van der Waals surface area (Å²) in [6.45, 7) is 3.61. The minimum atomic E-state index is -0.359. The van der Waals surface area contributed by atoms with Crippen LogP contribution in [0.5, 0.6) is 5.75 Å². The van der Waals surface area contributed by atoms with E-state index in [1.54, 1.807) is 29.2 Å². The molecule has 1 aliphatic heterocycles. The van der Waals surface area contributed by atoms with E-state index in [0.29, 0.717) is 43.7 Å². The van der Waals surface area contributed by atoms with Gasteiger partial charge in [-0.25, -0.2) is 4.39 Å². The Kier molecular flexibility index (Phi) is 6.06. The van der Waals surface area contributed by atoms with Crippen molar-refractivity contribution >= 4 is 11.8 Å². The quantitative estimate of drug-likeness (QED) is 0.879. The zero-order valence-electron chi connectivity index (χ0n) is 15.3. The highest BCUT2D eigenvalue weighted by atomic mass is 19.1. The summed E-state index contributed by atoms with van der Waals surface area (Å²) in [7, 11) is 0. The third-order valence-electron chi connectivity index (χ3n) is 4.64. The number of nitrogens with zero attached hydrogens (tertiary/aromatic N) is 1. The summed E-state index contributed by atoms with van der Waals surface area (Å²) < 4.78 is 18.4. The van der Waals surface area contributed by atoms with E-state index in [0.717, 1.165) is 5.75 Å². The normalized spacial score (nSPS) is 14.7. The summed E-state index contributed by atoms with van der Waals surface area (Å²) in [5, 5.41) is 3.03. The fourth-order valence-electron chi connectivity index (χ4n) is 3.14. The van der Waals surface area contributed by atoms with Crippen molar-refractivity contribution in [3.8, 4) is 5.75 Å². The summed E-state index contributed by atoms with van der Waals surface area (Å²) >= 11 is 0. The molecule has 2 aromatic rings. The summed E-state index contributed by atoms with van der Waals surface area (Å²) in [4.78, 5) is 26.6. The SMILES string of the molecule is CCOc1ccc(C(=O)NC2CCN(C(=O)c3ccc(F)cc3)CC2)cc1. The highest BCUT2D eigenvalue weighted by Crippen LogP contribution is 2.16. The molecular weight excluding hydrogens is 347 g/mol. The van der Waals surface area contributed by atoms with Gasteiger partial charge in [-0.3, -0.25) is 9.59 Å². The van der Waals surface area contributed by atoms with Gasteiger partial charge in [0, 0.05) is 30.3 Å². The number of carbonyl (C=O) groups is 2. The lowest BCUT2D eigenvalue weighted by atomic mass is 10.0. The number of benzene rings is 2. The molecule has 1 aliphatic rings. The Labute approximate surface area is 158 Å². The largest absolute Gasteiger partial charge is 0.494 e. The number of piperidine rings is 1. The van der Waals surface area contributed by atoms with Gasteiger partial charge in [0.05, 0.1) is 6.61 Å². The van der Waals surface area contributed by atoms with E-state index < -0.39 is 0 Å². The molecule has 142 valence electrons. The maximum absolute atomic E-state index is 13.0.